The van der Waals surface area contributed by atoms with Gasteiger partial charge in [0.15, 0.2) is 0 Å². The van der Waals surface area contributed by atoms with Gasteiger partial charge in [0.2, 0.25) is 0 Å². The maximum Gasteiger partial charge on any atom is 0.508 e. The summed E-state index contributed by atoms with van der Waals surface area (Å²) >= 11 is 0. The number of fused-ring (bicyclic) bond motifs is 4. The van der Waals surface area contributed by atoms with Crippen LogP contribution in [0.4, 0.5) is 9.59 Å². The standard InChI is InChI=1S/C11H16O3.C10H14O3/c1-2-13-11(12)14-7-10-6-8-3-4-9(10)5-8;1-12-10(11)13-6-9-5-7-2-3-8(9)4-7/h3-4,8-10H,2,5-7H2,1H3;2-3,7-9H,4-6H2,1H3. The van der Waals surface area contributed by atoms with Crippen LogP contribution in [0.5, 0.6) is 0 Å². The van der Waals surface area contributed by atoms with Crippen LogP contribution in [0.1, 0.15) is 32.6 Å². The fourth-order valence-corrected chi connectivity index (χ4v) is 4.74. The molecule has 2 fully saturated rings. The molecule has 150 valence electrons. The van der Waals surface area contributed by atoms with Crippen molar-refractivity contribution in [3.63, 3.8) is 0 Å². The van der Waals surface area contributed by atoms with Crippen LogP contribution in [0.2, 0.25) is 0 Å². The summed E-state index contributed by atoms with van der Waals surface area (Å²) in [7, 11) is 1.34. The second-order valence-corrected chi connectivity index (χ2v) is 7.84. The Morgan fingerprint density at radius 3 is 1.67 bits per heavy atom. The highest BCUT2D eigenvalue weighted by Crippen LogP contribution is 2.44. The molecular weight excluding hydrogens is 348 g/mol. The Hall–Kier alpha value is -1.98. The van der Waals surface area contributed by atoms with Gasteiger partial charge in [0.1, 0.15) is 0 Å². The van der Waals surface area contributed by atoms with E-state index in [0.717, 1.165) is 18.3 Å². The van der Waals surface area contributed by atoms with Gasteiger partial charge < -0.3 is 18.9 Å². The molecular formula is C21H30O6. The van der Waals surface area contributed by atoms with Crippen LogP contribution < -0.4 is 0 Å². The fourth-order valence-electron chi connectivity index (χ4n) is 4.74. The van der Waals surface area contributed by atoms with Gasteiger partial charge in [-0.2, -0.15) is 0 Å². The van der Waals surface area contributed by atoms with Crippen LogP contribution in [-0.4, -0.2) is 39.2 Å². The van der Waals surface area contributed by atoms with Gasteiger partial charge in [-0.3, -0.25) is 0 Å². The third-order valence-electron chi connectivity index (χ3n) is 6.09. The Morgan fingerprint density at radius 2 is 1.30 bits per heavy atom. The lowest BCUT2D eigenvalue weighted by Gasteiger charge is -2.17. The molecule has 0 saturated heterocycles. The van der Waals surface area contributed by atoms with Crippen molar-refractivity contribution in [1.29, 1.82) is 0 Å². The lowest BCUT2D eigenvalue weighted by Crippen LogP contribution is -2.18. The van der Waals surface area contributed by atoms with Crippen molar-refractivity contribution in [1.82, 2.24) is 0 Å². The summed E-state index contributed by atoms with van der Waals surface area (Å²) in [5.41, 5.74) is 0. The van der Waals surface area contributed by atoms with Gasteiger partial charge in [-0.15, -0.1) is 0 Å². The Balaban J connectivity index is 0.000000156. The third-order valence-corrected chi connectivity index (χ3v) is 6.09. The summed E-state index contributed by atoms with van der Waals surface area (Å²) in [6, 6.07) is 0. The molecule has 4 bridgehead atoms. The monoisotopic (exact) mass is 378 g/mol. The topological polar surface area (TPSA) is 71.1 Å². The van der Waals surface area contributed by atoms with Gasteiger partial charge in [0.05, 0.1) is 26.9 Å². The zero-order valence-electron chi connectivity index (χ0n) is 16.2. The van der Waals surface area contributed by atoms with E-state index < -0.39 is 12.3 Å². The molecule has 0 aromatic carbocycles. The van der Waals surface area contributed by atoms with E-state index in [1.807, 2.05) is 0 Å². The molecule has 0 aromatic rings. The van der Waals surface area contributed by atoms with E-state index in [1.165, 1.54) is 26.4 Å². The number of carbonyl (C=O) groups excluding carboxylic acids is 2. The van der Waals surface area contributed by atoms with Gasteiger partial charge in [0, 0.05) is 11.8 Å². The van der Waals surface area contributed by atoms with Crippen molar-refractivity contribution in [3.8, 4) is 0 Å². The van der Waals surface area contributed by atoms with E-state index in [-0.39, 0.29) is 0 Å². The molecule has 0 amide bonds. The predicted molar refractivity (Wildman–Crippen MR) is 99.0 cm³/mol. The first kappa shape index (κ1) is 19.8. The first-order chi connectivity index (χ1) is 13.1. The predicted octanol–water partition coefficient (Wildman–Crippen LogP) is 4.35. The third kappa shape index (κ3) is 5.27. The van der Waals surface area contributed by atoms with Crippen LogP contribution >= 0.6 is 0 Å². The number of carbonyl (C=O) groups is 2. The van der Waals surface area contributed by atoms with Crippen LogP contribution in [0.25, 0.3) is 0 Å². The molecule has 6 nitrogen and oxygen atoms in total. The number of hydrogen-bond acceptors (Lipinski definition) is 6. The highest BCUT2D eigenvalue weighted by molar-refractivity contribution is 5.59. The van der Waals surface area contributed by atoms with Crippen molar-refractivity contribution in [2.75, 3.05) is 26.9 Å². The summed E-state index contributed by atoms with van der Waals surface area (Å²) in [4.78, 5) is 21.7. The average Bonchev–Trinajstić information content (AvgIpc) is 3.46. The number of methoxy groups -OCH3 is 1. The normalized spacial score (nSPS) is 34.1. The Kier molecular flexibility index (Phi) is 6.80. The van der Waals surface area contributed by atoms with Crippen molar-refractivity contribution in [3.05, 3.63) is 24.3 Å². The van der Waals surface area contributed by atoms with E-state index >= 15 is 0 Å². The van der Waals surface area contributed by atoms with Crippen LogP contribution in [0.3, 0.4) is 0 Å². The molecule has 2 saturated carbocycles. The van der Waals surface area contributed by atoms with Gasteiger partial charge in [-0.25, -0.2) is 9.59 Å². The minimum absolute atomic E-state index is 0.384. The first-order valence-electron chi connectivity index (χ1n) is 9.96. The summed E-state index contributed by atoms with van der Waals surface area (Å²) in [6.07, 6.45) is 12.8. The minimum atomic E-state index is -0.563. The van der Waals surface area contributed by atoms with Gasteiger partial charge in [-0.05, 0) is 56.3 Å². The first-order valence-corrected chi connectivity index (χ1v) is 9.96. The Morgan fingerprint density at radius 1 is 0.778 bits per heavy atom. The molecule has 0 N–H and O–H groups in total. The number of allylic oxidation sites excluding steroid dienone is 4. The highest BCUT2D eigenvalue weighted by Gasteiger charge is 2.37. The van der Waals surface area contributed by atoms with Gasteiger partial charge >= 0.3 is 12.3 Å². The van der Waals surface area contributed by atoms with Crippen molar-refractivity contribution in [2.24, 2.45) is 35.5 Å². The maximum absolute atomic E-state index is 10.9. The van der Waals surface area contributed by atoms with Crippen molar-refractivity contribution in [2.45, 2.75) is 32.6 Å². The molecule has 0 aliphatic heterocycles. The average molecular weight is 378 g/mol. The molecule has 0 heterocycles. The summed E-state index contributed by atoms with van der Waals surface area (Å²) < 4.78 is 19.1. The fraction of sp³-hybridized carbons (Fsp3) is 0.714. The number of hydrogen-bond donors (Lipinski definition) is 0. The molecule has 4 aliphatic carbocycles. The summed E-state index contributed by atoms with van der Waals surface area (Å²) in [6.45, 7) is 3.19. The quantitative estimate of drug-likeness (QED) is 0.523. The van der Waals surface area contributed by atoms with Gasteiger partial charge in [0.25, 0.3) is 0 Å². The van der Waals surface area contributed by atoms with E-state index in [1.54, 1.807) is 6.92 Å². The zero-order valence-corrected chi connectivity index (χ0v) is 16.2. The molecule has 0 spiro atoms. The summed E-state index contributed by atoms with van der Waals surface area (Å²) in [5.74, 6) is 3.78. The SMILES string of the molecule is CCOC(=O)OCC1CC2C=CC1C2.COC(=O)OCC1CC2C=CC1C2. The largest absolute Gasteiger partial charge is 0.508 e. The molecule has 6 unspecified atom stereocenters. The van der Waals surface area contributed by atoms with E-state index in [9.17, 15) is 9.59 Å². The van der Waals surface area contributed by atoms with E-state index in [4.69, 9.17) is 14.2 Å². The molecule has 6 heteroatoms. The Labute approximate surface area is 160 Å². The smallest absolute Gasteiger partial charge is 0.438 e. The molecule has 0 radical (unpaired) electrons. The van der Waals surface area contributed by atoms with Crippen LogP contribution in [0.15, 0.2) is 24.3 Å². The second-order valence-electron chi connectivity index (χ2n) is 7.84. The van der Waals surface area contributed by atoms with E-state index in [0.29, 0.717) is 43.5 Å². The number of rotatable bonds is 5. The lowest BCUT2D eigenvalue weighted by molar-refractivity contribution is 0.0446. The lowest BCUT2D eigenvalue weighted by atomic mass is 9.95. The number of ether oxygens (including phenoxy) is 4. The zero-order chi connectivity index (χ0) is 19.2. The molecule has 4 rings (SSSR count). The highest BCUT2D eigenvalue weighted by atomic mass is 16.7. The second kappa shape index (κ2) is 9.29. The van der Waals surface area contributed by atoms with Crippen molar-refractivity contribution >= 4 is 12.3 Å². The molecule has 0 aromatic heterocycles. The van der Waals surface area contributed by atoms with E-state index in [2.05, 4.69) is 29.0 Å². The molecule has 4 aliphatic rings. The van der Waals surface area contributed by atoms with Crippen molar-refractivity contribution < 1.29 is 28.5 Å². The van der Waals surface area contributed by atoms with Gasteiger partial charge in [-0.1, -0.05) is 24.3 Å². The minimum Gasteiger partial charge on any atom is -0.438 e. The van der Waals surface area contributed by atoms with Crippen LogP contribution in [0, 0.1) is 35.5 Å². The maximum atomic E-state index is 10.9. The van der Waals surface area contributed by atoms with Crippen LogP contribution in [-0.2, 0) is 18.9 Å². The molecule has 27 heavy (non-hydrogen) atoms. The Bertz CT molecular complexity index is 583. The summed E-state index contributed by atoms with van der Waals surface area (Å²) in [5, 5.41) is 0. The molecule has 6 atom stereocenters.